The van der Waals surface area contributed by atoms with Crippen molar-refractivity contribution in [1.82, 2.24) is 0 Å². The Bertz CT molecular complexity index is 842. The summed E-state index contributed by atoms with van der Waals surface area (Å²) in [5, 5.41) is 41.6. The summed E-state index contributed by atoms with van der Waals surface area (Å²) >= 11 is 2.06. The first-order valence-electron chi connectivity index (χ1n) is 9.30. The molecule has 4 N–H and O–H groups in total. The molecule has 2 aromatic carbocycles. The van der Waals surface area contributed by atoms with Crippen molar-refractivity contribution >= 4 is 35.1 Å². The Morgan fingerprint density at radius 3 is 1.97 bits per heavy atom. The summed E-state index contributed by atoms with van der Waals surface area (Å²) in [5.41, 5.74) is 1.35. The molecule has 0 heterocycles. The van der Waals surface area contributed by atoms with Crippen molar-refractivity contribution in [2.24, 2.45) is 0 Å². The molecule has 0 aliphatic heterocycles. The van der Waals surface area contributed by atoms with E-state index < -0.39 is 34.8 Å². The number of hydrogen-bond donors (Lipinski definition) is 4. The van der Waals surface area contributed by atoms with Crippen molar-refractivity contribution < 1.29 is 30.0 Å². The molecule has 0 amide bonds. The van der Waals surface area contributed by atoms with Gasteiger partial charge in [0.1, 0.15) is 12.2 Å². The zero-order chi connectivity index (χ0) is 22.3. The van der Waals surface area contributed by atoms with Crippen LogP contribution in [0.1, 0.15) is 11.1 Å². The molecule has 2 unspecified atom stereocenters. The molecule has 0 aromatic heterocycles. The van der Waals surface area contributed by atoms with Gasteiger partial charge in [0.2, 0.25) is 16.5 Å². The zero-order valence-corrected chi connectivity index (χ0v) is 18.4. The first-order chi connectivity index (χ1) is 14.2. The topological polar surface area (TPSA) is 115 Å². The maximum Gasteiger partial charge on any atom is 0.234 e. The van der Waals surface area contributed by atoms with Crippen LogP contribution in [0.2, 0.25) is 0 Å². The number of rotatable bonds is 11. The van der Waals surface area contributed by atoms with Gasteiger partial charge in [-0.1, -0.05) is 42.5 Å². The van der Waals surface area contributed by atoms with Crippen LogP contribution in [0.3, 0.4) is 0 Å². The monoisotopic (exact) mass is 450 g/mol. The van der Waals surface area contributed by atoms with Crippen LogP contribution >= 0.6 is 23.5 Å². The van der Waals surface area contributed by atoms with E-state index in [9.17, 15) is 30.0 Å². The van der Waals surface area contributed by atoms with E-state index in [0.29, 0.717) is 22.9 Å². The molecule has 4 atom stereocenters. The Morgan fingerprint density at radius 1 is 0.867 bits per heavy atom. The van der Waals surface area contributed by atoms with Gasteiger partial charge in [-0.05, 0) is 35.8 Å². The lowest BCUT2D eigenvalue weighted by molar-refractivity contribution is -0.154. The summed E-state index contributed by atoms with van der Waals surface area (Å²) in [6.07, 6.45) is -2.02. The SMILES string of the molecule is CSc1ccc(CC(O)[C@H](O)C(=O)[C@@](O)(SC)C(=O)C(O)Cc2ccccc2)cc1. The highest BCUT2D eigenvalue weighted by molar-refractivity contribution is 8.01. The first kappa shape index (κ1) is 24.6. The first-order valence-corrected chi connectivity index (χ1v) is 11.7. The normalized spacial score (nSPS) is 16.3. The third-order valence-electron chi connectivity index (χ3n) is 4.77. The van der Waals surface area contributed by atoms with Gasteiger partial charge < -0.3 is 20.4 Å². The largest absolute Gasteiger partial charge is 0.390 e. The average molecular weight is 451 g/mol. The second-order valence-electron chi connectivity index (χ2n) is 6.85. The summed E-state index contributed by atoms with van der Waals surface area (Å²) in [7, 11) is 0. The molecular formula is C22H26O6S2. The van der Waals surface area contributed by atoms with E-state index in [-0.39, 0.29) is 12.8 Å². The van der Waals surface area contributed by atoms with Gasteiger partial charge in [-0.25, -0.2) is 0 Å². The van der Waals surface area contributed by atoms with Gasteiger partial charge in [0, 0.05) is 17.7 Å². The second kappa shape index (κ2) is 11.1. The van der Waals surface area contributed by atoms with E-state index in [0.717, 1.165) is 4.90 Å². The van der Waals surface area contributed by atoms with Gasteiger partial charge in [0.25, 0.3) is 0 Å². The highest BCUT2D eigenvalue weighted by Crippen LogP contribution is 2.27. The highest BCUT2D eigenvalue weighted by atomic mass is 32.2. The molecule has 8 heteroatoms. The molecule has 0 aliphatic rings. The number of carbonyl (C=O) groups excluding carboxylic acids is 2. The Kier molecular flexibility index (Phi) is 9.09. The smallest absolute Gasteiger partial charge is 0.234 e. The average Bonchev–Trinajstić information content (AvgIpc) is 2.78. The predicted octanol–water partition coefficient (Wildman–Crippen LogP) is 1.47. The molecule has 0 aliphatic carbocycles. The summed E-state index contributed by atoms with van der Waals surface area (Å²) in [6, 6.07) is 15.9. The number of Topliss-reactive ketones (excluding diaryl/α,β-unsaturated/α-hetero) is 2. The maximum absolute atomic E-state index is 12.7. The second-order valence-corrected chi connectivity index (χ2v) is 8.73. The van der Waals surface area contributed by atoms with Crippen LogP contribution in [0.4, 0.5) is 0 Å². The van der Waals surface area contributed by atoms with Gasteiger partial charge >= 0.3 is 0 Å². The molecule has 30 heavy (non-hydrogen) atoms. The molecule has 2 aromatic rings. The third kappa shape index (κ3) is 5.94. The molecule has 0 fully saturated rings. The highest BCUT2D eigenvalue weighted by Gasteiger charge is 2.49. The Labute approximate surface area is 184 Å². The molecule has 0 saturated heterocycles. The Hall–Kier alpha value is -1.68. The van der Waals surface area contributed by atoms with Crippen LogP contribution in [-0.2, 0) is 22.4 Å². The lowest BCUT2D eigenvalue weighted by Crippen LogP contribution is -2.55. The van der Waals surface area contributed by atoms with Crippen LogP contribution in [0.25, 0.3) is 0 Å². The van der Waals surface area contributed by atoms with Crippen molar-refractivity contribution in [2.75, 3.05) is 12.5 Å². The van der Waals surface area contributed by atoms with Gasteiger partial charge in [0.05, 0.1) is 6.10 Å². The van der Waals surface area contributed by atoms with Gasteiger partial charge in [-0.2, -0.15) is 0 Å². The molecular weight excluding hydrogens is 424 g/mol. The van der Waals surface area contributed by atoms with Crippen LogP contribution in [-0.4, -0.2) is 67.7 Å². The van der Waals surface area contributed by atoms with Gasteiger partial charge in [-0.3, -0.25) is 9.59 Å². The maximum atomic E-state index is 12.7. The quantitative estimate of drug-likeness (QED) is 0.231. The number of aliphatic hydroxyl groups excluding tert-OH is 3. The van der Waals surface area contributed by atoms with Crippen LogP contribution in [0, 0.1) is 0 Å². The third-order valence-corrected chi connectivity index (χ3v) is 6.51. The number of hydrogen-bond acceptors (Lipinski definition) is 8. The van der Waals surface area contributed by atoms with Gasteiger partial charge in [-0.15, -0.1) is 23.5 Å². The molecule has 162 valence electrons. The van der Waals surface area contributed by atoms with E-state index in [1.807, 2.05) is 18.4 Å². The molecule has 0 spiro atoms. The Balaban J connectivity index is 2.09. The lowest BCUT2D eigenvalue weighted by Gasteiger charge is -2.29. The zero-order valence-electron chi connectivity index (χ0n) is 16.8. The fourth-order valence-corrected chi connectivity index (χ4v) is 4.04. The minimum atomic E-state index is -2.67. The molecule has 6 nitrogen and oxygen atoms in total. The number of aliphatic hydroxyl groups is 4. The van der Waals surface area contributed by atoms with Crippen molar-refractivity contribution in [1.29, 1.82) is 0 Å². The number of carbonyl (C=O) groups is 2. The van der Waals surface area contributed by atoms with Crippen molar-refractivity contribution in [3.63, 3.8) is 0 Å². The standard InChI is InChI=1S/C22H26O6S2/c1-29-16-10-8-15(9-11-16)12-17(23)19(25)21(27)22(28,30-2)20(26)18(24)13-14-6-4-3-5-7-14/h3-11,17-19,23-25,28H,12-13H2,1-2H3/t17?,18?,19-,22-/m0/s1. The fraction of sp³-hybridized carbons (Fsp3) is 0.364. The summed E-state index contributed by atoms with van der Waals surface area (Å²) in [4.78, 5) is 23.7. The number of benzene rings is 2. The Morgan fingerprint density at radius 2 is 1.43 bits per heavy atom. The van der Waals surface area contributed by atoms with E-state index in [1.54, 1.807) is 54.2 Å². The van der Waals surface area contributed by atoms with Crippen LogP contribution < -0.4 is 0 Å². The van der Waals surface area contributed by atoms with E-state index in [2.05, 4.69) is 0 Å². The van der Waals surface area contributed by atoms with Crippen molar-refractivity contribution in [3.8, 4) is 0 Å². The molecule has 2 rings (SSSR count). The number of thioether (sulfide) groups is 2. The van der Waals surface area contributed by atoms with Crippen LogP contribution in [0.5, 0.6) is 0 Å². The lowest BCUT2D eigenvalue weighted by atomic mass is 9.93. The van der Waals surface area contributed by atoms with Gasteiger partial charge in [0.15, 0.2) is 0 Å². The van der Waals surface area contributed by atoms with E-state index >= 15 is 0 Å². The molecule has 0 saturated carbocycles. The predicted molar refractivity (Wildman–Crippen MR) is 119 cm³/mol. The van der Waals surface area contributed by atoms with Crippen LogP contribution in [0.15, 0.2) is 59.5 Å². The fourth-order valence-electron chi connectivity index (χ4n) is 2.97. The van der Waals surface area contributed by atoms with Crippen molar-refractivity contribution in [3.05, 3.63) is 65.7 Å². The summed E-state index contributed by atoms with van der Waals surface area (Å²) < 4.78 is 0. The minimum Gasteiger partial charge on any atom is -0.390 e. The van der Waals surface area contributed by atoms with Crippen molar-refractivity contribution in [2.45, 2.75) is 41.0 Å². The summed E-state index contributed by atoms with van der Waals surface area (Å²) in [5.74, 6) is -2.38. The van der Waals surface area contributed by atoms with E-state index in [4.69, 9.17) is 0 Å². The van der Waals surface area contributed by atoms with E-state index in [1.165, 1.54) is 6.26 Å². The summed E-state index contributed by atoms with van der Waals surface area (Å²) in [6.45, 7) is 0. The minimum absolute atomic E-state index is 0.0349. The molecule has 0 radical (unpaired) electrons. The molecule has 0 bridgehead atoms. The number of ketones is 2.